The van der Waals surface area contributed by atoms with Crippen LogP contribution in [0.1, 0.15) is 38.2 Å². The van der Waals surface area contributed by atoms with Crippen molar-refractivity contribution < 1.29 is 9.59 Å². The minimum atomic E-state index is 0.189. The van der Waals surface area contributed by atoms with Crippen LogP contribution in [0, 0.1) is 0 Å². The Bertz CT molecular complexity index is 475. The van der Waals surface area contributed by atoms with Crippen LogP contribution >= 0.6 is 0 Å². The first kappa shape index (κ1) is 16.5. The number of likely N-dealkylation sites (tertiary alicyclic amines) is 1. The van der Waals surface area contributed by atoms with Crippen LogP contribution in [0.15, 0.2) is 30.3 Å². The first-order chi connectivity index (χ1) is 10.7. The Labute approximate surface area is 133 Å². The maximum atomic E-state index is 12.4. The summed E-state index contributed by atoms with van der Waals surface area (Å²) in [5, 5.41) is 0. The maximum absolute atomic E-state index is 12.4. The third kappa shape index (κ3) is 4.58. The van der Waals surface area contributed by atoms with Crippen LogP contribution in [0.4, 0.5) is 0 Å². The molecule has 1 heterocycles. The molecule has 0 N–H and O–H groups in total. The molecule has 1 saturated heterocycles. The molecule has 2 rings (SSSR count). The summed E-state index contributed by atoms with van der Waals surface area (Å²) in [6.07, 6.45) is 5.28. The van der Waals surface area contributed by atoms with Crippen molar-refractivity contribution in [3.63, 3.8) is 0 Å². The Balaban J connectivity index is 1.96. The zero-order valence-corrected chi connectivity index (χ0v) is 13.4. The summed E-state index contributed by atoms with van der Waals surface area (Å²) in [5.74, 6) is 0.205. The van der Waals surface area contributed by atoms with E-state index in [9.17, 15) is 9.59 Å². The first-order valence-corrected chi connectivity index (χ1v) is 8.27. The molecule has 120 valence electrons. The van der Waals surface area contributed by atoms with Crippen LogP contribution in [-0.4, -0.2) is 47.8 Å². The van der Waals surface area contributed by atoms with Gasteiger partial charge in [0.2, 0.25) is 12.3 Å². The molecule has 0 radical (unpaired) electrons. The van der Waals surface area contributed by atoms with E-state index in [1.54, 1.807) is 0 Å². The van der Waals surface area contributed by atoms with Crippen LogP contribution in [0.2, 0.25) is 0 Å². The quantitative estimate of drug-likeness (QED) is 0.692. The summed E-state index contributed by atoms with van der Waals surface area (Å²) in [7, 11) is 0. The number of hydrogen-bond acceptors (Lipinski definition) is 2. The highest BCUT2D eigenvalue weighted by Gasteiger charge is 2.26. The largest absolute Gasteiger partial charge is 0.340 e. The molecule has 0 aromatic heterocycles. The number of carbonyl (C=O) groups is 2. The second-order valence-corrected chi connectivity index (χ2v) is 5.96. The van der Waals surface area contributed by atoms with E-state index in [0.29, 0.717) is 13.0 Å². The molecular formula is C18H26N2O2. The SMILES string of the molecule is CCCC(=O)N(CCc1ccccc1)C[C@@H]1CCCN1C=O. The van der Waals surface area contributed by atoms with Gasteiger partial charge in [0.15, 0.2) is 0 Å². The molecule has 4 heteroatoms. The van der Waals surface area contributed by atoms with Gasteiger partial charge in [0.1, 0.15) is 0 Å². The Morgan fingerprint density at radius 3 is 2.82 bits per heavy atom. The van der Waals surface area contributed by atoms with Crippen molar-refractivity contribution in [2.24, 2.45) is 0 Å². The van der Waals surface area contributed by atoms with Gasteiger partial charge in [-0.1, -0.05) is 37.3 Å². The van der Waals surface area contributed by atoms with E-state index in [0.717, 1.165) is 45.2 Å². The van der Waals surface area contributed by atoms with E-state index in [2.05, 4.69) is 12.1 Å². The Kier molecular flexibility index (Phi) is 6.44. The van der Waals surface area contributed by atoms with Crippen molar-refractivity contribution in [1.82, 2.24) is 9.80 Å². The zero-order chi connectivity index (χ0) is 15.8. The lowest BCUT2D eigenvalue weighted by atomic mass is 10.1. The van der Waals surface area contributed by atoms with Crippen LogP contribution in [0.25, 0.3) is 0 Å². The number of benzene rings is 1. The predicted octanol–water partition coefficient (Wildman–Crippen LogP) is 2.48. The molecule has 1 aliphatic heterocycles. The molecule has 1 aromatic carbocycles. The van der Waals surface area contributed by atoms with Crippen LogP contribution in [-0.2, 0) is 16.0 Å². The maximum Gasteiger partial charge on any atom is 0.222 e. The van der Waals surface area contributed by atoms with Gasteiger partial charge in [-0.2, -0.15) is 0 Å². The van der Waals surface area contributed by atoms with Crippen molar-refractivity contribution >= 4 is 12.3 Å². The van der Waals surface area contributed by atoms with Crippen molar-refractivity contribution in [3.05, 3.63) is 35.9 Å². The molecule has 0 aliphatic carbocycles. The summed E-state index contributed by atoms with van der Waals surface area (Å²) < 4.78 is 0. The molecule has 1 fully saturated rings. The summed E-state index contributed by atoms with van der Waals surface area (Å²) >= 11 is 0. The Morgan fingerprint density at radius 1 is 1.36 bits per heavy atom. The fourth-order valence-corrected chi connectivity index (χ4v) is 3.05. The molecule has 0 saturated carbocycles. The normalized spacial score (nSPS) is 17.5. The van der Waals surface area contributed by atoms with Gasteiger partial charge in [-0.3, -0.25) is 9.59 Å². The van der Waals surface area contributed by atoms with E-state index >= 15 is 0 Å². The van der Waals surface area contributed by atoms with Gasteiger partial charge in [0.05, 0.1) is 0 Å². The van der Waals surface area contributed by atoms with Gasteiger partial charge in [-0.15, -0.1) is 0 Å². The third-order valence-electron chi connectivity index (χ3n) is 4.32. The topological polar surface area (TPSA) is 40.6 Å². The highest BCUT2D eigenvalue weighted by molar-refractivity contribution is 5.76. The summed E-state index contributed by atoms with van der Waals surface area (Å²) in [6.45, 7) is 4.25. The molecule has 0 unspecified atom stereocenters. The minimum absolute atomic E-state index is 0.189. The highest BCUT2D eigenvalue weighted by atomic mass is 16.2. The second-order valence-electron chi connectivity index (χ2n) is 5.96. The van der Waals surface area contributed by atoms with Crippen molar-refractivity contribution in [3.8, 4) is 0 Å². The number of amides is 2. The van der Waals surface area contributed by atoms with E-state index in [4.69, 9.17) is 0 Å². The lowest BCUT2D eigenvalue weighted by molar-refractivity contribution is -0.133. The highest BCUT2D eigenvalue weighted by Crippen LogP contribution is 2.17. The molecule has 22 heavy (non-hydrogen) atoms. The summed E-state index contributed by atoms with van der Waals surface area (Å²) in [5.41, 5.74) is 1.25. The van der Waals surface area contributed by atoms with Crippen LogP contribution < -0.4 is 0 Å². The lowest BCUT2D eigenvalue weighted by Crippen LogP contribution is -2.43. The summed E-state index contributed by atoms with van der Waals surface area (Å²) in [6, 6.07) is 10.4. The lowest BCUT2D eigenvalue weighted by Gasteiger charge is -2.29. The average molecular weight is 302 g/mol. The van der Waals surface area contributed by atoms with Crippen molar-refractivity contribution in [2.45, 2.75) is 45.1 Å². The smallest absolute Gasteiger partial charge is 0.222 e. The van der Waals surface area contributed by atoms with Gasteiger partial charge in [-0.05, 0) is 31.2 Å². The second kappa shape index (κ2) is 8.57. The number of carbonyl (C=O) groups excluding carboxylic acids is 2. The van der Waals surface area contributed by atoms with Gasteiger partial charge in [0.25, 0.3) is 0 Å². The summed E-state index contributed by atoms with van der Waals surface area (Å²) in [4.78, 5) is 27.3. The molecule has 1 aromatic rings. The van der Waals surface area contributed by atoms with E-state index in [-0.39, 0.29) is 11.9 Å². The van der Waals surface area contributed by atoms with E-state index in [1.165, 1.54) is 5.56 Å². The fraction of sp³-hybridized carbons (Fsp3) is 0.556. The Morgan fingerprint density at radius 2 is 2.14 bits per heavy atom. The van der Waals surface area contributed by atoms with Gasteiger partial charge >= 0.3 is 0 Å². The molecule has 0 spiro atoms. The fourth-order valence-electron chi connectivity index (χ4n) is 3.05. The molecular weight excluding hydrogens is 276 g/mol. The van der Waals surface area contributed by atoms with E-state index in [1.807, 2.05) is 34.9 Å². The third-order valence-corrected chi connectivity index (χ3v) is 4.32. The predicted molar refractivity (Wildman–Crippen MR) is 87.4 cm³/mol. The minimum Gasteiger partial charge on any atom is -0.340 e. The van der Waals surface area contributed by atoms with Gasteiger partial charge < -0.3 is 9.80 Å². The van der Waals surface area contributed by atoms with Crippen LogP contribution in [0.3, 0.4) is 0 Å². The average Bonchev–Trinajstić information content (AvgIpc) is 2.99. The van der Waals surface area contributed by atoms with Gasteiger partial charge in [-0.25, -0.2) is 0 Å². The standard InChI is InChI=1S/C18H26N2O2/c1-2-7-18(22)19(13-11-16-8-4-3-5-9-16)14-17-10-6-12-20(17)15-21/h3-5,8-9,15,17H,2,6-7,10-14H2,1H3/t17-/m0/s1. The van der Waals surface area contributed by atoms with Gasteiger partial charge in [0, 0.05) is 32.1 Å². The number of rotatable bonds is 8. The van der Waals surface area contributed by atoms with Crippen molar-refractivity contribution in [2.75, 3.05) is 19.6 Å². The Hall–Kier alpha value is -1.84. The number of nitrogens with zero attached hydrogens (tertiary/aromatic N) is 2. The zero-order valence-electron chi connectivity index (χ0n) is 13.4. The molecule has 0 bridgehead atoms. The monoisotopic (exact) mass is 302 g/mol. The molecule has 1 atom stereocenters. The van der Waals surface area contributed by atoms with Crippen LogP contribution in [0.5, 0.6) is 0 Å². The molecule has 1 aliphatic rings. The van der Waals surface area contributed by atoms with Crippen molar-refractivity contribution in [1.29, 1.82) is 0 Å². The number of hydrogen-bond donors (Lipinski definition) is 0. The molecule has 2 amide bonds. The van der Waals surface area contributed by atoms with E-state index < -0.39 is 0 Å². The molecule has 4 nitrogen and oxygen atoms in total. The first-order valence-electron chi connectivity index (χ1n) is 8.27.